The van der Waals surface area contributed by atoms with E-state index in [4.69, 9.17) is 32.0 Å². The Bertz CT molecular complexity index is 1580. The lowest BCUT2D eigenvalue weighted by Crippen LogP contribution is -1.98. The van der Waals surface area contributed by atoms with Gasteiger partial charge in [0.15, 0.2) is 0 Å². The number of halogens is 2. The van der Waals surface area contributed by atoms with Crippen LogP contribution in [0.15, 0.2) is 86.0 Å². The number of hydrazone groups is 1. The van der Waals surface area contributed by atoms with Crippen LogP contribution in [0.1, 0.15) is 22.6 Å². The van der Waals surface area contributed by atoms with Crippen LogP contribution in [0.3, 0.4) is 0 Å². The summed E-state index contributed by atoms with van der Waals surface area (Å²) in [6.07, 6.45) is 4.55. The smallest absolute Gasteiger partial charge is 0.265 e. The molecule has 0 saturated heterocycles. The average Bonchev–Trinajstić information content (AvgIpc) is 3.63. The van der Waals surface area contributed by atoms with E-state index in [-0.39, 0.29) is 0 Å². The lowest BCUT2D eigenvalue weighted by Gasteiger charge is -2.03. The second-order valence-corrected chi connectivity index (χ2v) is 8.66. The quantitative estimate of drug-likeness (QED) is 0.184. The van der Waals surface area contributed by atoms with Crippen LogP contribution in [0.4, 0.5) is 5.95 Å². The largest absolute Gasteiger partial charge is 0.455 e. The van der Waals surface area contributed by atoms with E-state index in [9.17, 15) is 0 Å². The first kappa shape index (κ1) is 23.6. The average molecular weight is 519 g/mol. The molecule has 5 rings (SSSR count). The van der Waals surface area contributed by atoms with E-state index in [0.29, 0.717) is 39.0 Å². The summed E-state index contributed by atoms with van der Waals surface area (Å²) in [7, 11) is 0. The molecule has 1 N–H and O–H groups in total. The molecule has 0 aliphatic rings. The third-order valence-electron chi connectivity index (χ3n) is 5.52. The highest BCUT2D eigenvalue weighted by Crippen LogP contribution is 2.30. The summed E-state index contributed by atoms with van der Waals surface area (Å²) in [4.78, 5) is 0. The van der Waals surface area contributed by atoms with E-state index in [2.05, 4.69) is 25.8 Å². The Kier molecular flexibility index (Phi) is 6.71. The molecule has 0 saturated carbocycles. The number of nitrogens with one attached hydrogen (secondary N) is 1. The van der Waals surface area contributed by atoms with E-state index in [1.165, 1.54) is 17.2 Å². The summed E-state index contributed by atoms with van der Waals surface area (Å²) < 4.78 is 13.2. The lowest BCUT2D eigenvalue weighted by molar-refractivity contribution is 0.574. The Morgan fingerprint density at radius 1 is 0.806 bits per heavy atom. The molecular formula is C26H20Cl2N6O2. The van der Waals surface area contributed by atoms with Crippen molar-refractivity contribution in [3.63, 3.8) is 0 Å². The van der Waals surface area contributed by atoms with Crippen molar-refractivity contribution in [3.05, 3.63) is 99.7 Å². The van der Waals surface area contributed by atoms with E-state index in [1.807, 2.05) is 74.5 Å². The van der Waals surface area contributed by atoms with E-state index in [1.54, 1.807) is 6.21 Å². The minimum absolute atomic E-state index is 0.317. The Balaban J connectivity index is 1.26. The molecule has 0 unspecified atom stereocenters. The fourth-order valence-corrected chi connectivity index (χ4v) is 3.89. The fourth-order valence-electron chi connectivity index (χ4n) is 3.54. The highest BCUT2D eigenvalue weighted by Gasteiger charge is 2.10. The fraction of sp³-hybridized carbons (Fsp3) is 0.0769. The van der Waals surface area contributed by atoms with E-state index in [0.717, 1.165) is 22.3 Å². The van der Waals surface area contributed by atoms with Crippen molar-refractivity contribution in [2.45, 2.75) is 13.8 Å². The summed E-state index contributed by atoms with van der Waals surface area (Å²) in [6.45, 7) is 3.90. The molecule has 0 atom stereocenters. The molecule has 8 nitrogen and oxygen atoms in total. The third kappa shape index (κ3) is 4.95. The number of hydrogen-bond acceptors (Lipinski definition) is 7. The van der Waals surface area contributed by atoms with Gasteiger partial charge in [0.05, 0.1) is 12.4 Å². The molecule has 10 heteroatoms. The number of furan rings is 2. The maximum atomic E-state index is 6.22. The van der Waals surface area contributed by atoms with Crippen molar-refractivity contribution in [3.8, 4) is 22.6 Å². The van der Waals surface area contributed by atoms with Gasteiger partial charge in [0.25, 0.3) is 5.95 Å². The number of rotatable bonds is 7. The normalized spacial score (nSPS) is 11.7. The van der Waals surface area contributed by atoms with Crippen molar-refractivity contribution in [1.29, 1.82) is 0 Å². The second-order valence-electron chi connectivity index (χ2n) is 7.84. The van der Waals surface area contributed by atoms with Gasteiger partial charge in [-0.2, -0.15) is 14.9 Å². The van der Waals surface area contributed by atoms with Crippen LogP contribution in [0.2, 0.25) is 10.0 Å². The molecular weight excluding hydrogens is 499 g/mol. The maximum Gasteiger partial charge on any atom is 0.265 e. The summed E-state index contributed by atoms with van der Waals surface area (Å²) in [5.74, 6) is 2.85. The Labute approximate surface area is 216 Å². The number of hydrogen-bond donors (Lipinski definition) is 1. The molecule has 5 aromatic rings. The van der Waals surface area contributed by atoms with Crippen molar-refractivity contribution >= 4 is 41.6 Å². The maximum absolute atomic E-state index is 6.22. The van der Waals surface area contributed by atoms with Gasteiger partial charge in [-0.1, -0.05) is 47.5 Å². The standard InChI is InChI=1S/C26H20Cl2N6O2/c1-16-20(5-3-7-22(16)27)24-11-9-18(35-24)13-29-32-26-33-30-15-34(26)31-14-19-10-12-25(36-19)21-6-4-8-23(28)17(21)2/h3-15H,1-2H3,(H,32,33). The van der Waals surface area contributed by atoms with Gasteiger partial charge in [-0.05, 0) is 61.4 Å². The van der Waals surface area contributed by atoms with Gasteiger partial charge in [-0.25, -0.2) is 5.43 Å². The Morgan fingerprint density at radius 3 is 2.00 bits per heavy atom. The van der Waals surface area contributed by atoms with E-state index >= 15 is 0 Å². The molecule has 0 aliphatic heterocycles. The number of aromatic nitrogens is 3. The number of benzene rings is 2. The molecule has 2 aromatic carbocycles. The molecule has 36 heavy (non-hydrogen) atoms. The zero-order valence-electron chi connectivity index (χ0n) is 19.3. The van der Waals surface area contributed by atoms with Crippen LogP contribution >= 0.6 is 23.2 Å². The Hall–Kier alpha value is -4.14. The van der Waals surface area contributed by atoms with Crippen molar-refractivity contribution in [1.82, 2.24) is 14.9 Å². The van der Waals surface area contributed by atoms with Crippen molar-refractivity contribution in [2.75, 3.05) is 5.43 Å². The first-order chi connectivity index (χ1) is 17.5. The molecule has 0 radical (unpaired) electrons. The molecule has 0 fully saturated rings. The first-order valence-electron chi connectivity index (χ1n) is 10.9. The van der Waals surface area contributed by atoms with Crippen LogP contribution < -0.4 is 5.43 Å². The predicted molar refractivity (Wildman–Crippen MR) is 142 cm³/mol. The van der Waals surface area contributed by atoms with Crippen LogP contribution in [0.25, 0.3) is 22.6 Å². The molecule has 180 valence electrons. The van der Waals surface area contributed by atoms with Crippen LogP contribution in [-0.4, -0.2) is 27.3 Å². The topological polar surface area (TPSA) is 93.7 Å². The second kappa shape index (κ2) is 10.2. The summed E-state index contributed by atoms with van der Waals surface area (Å²) >= 11 is 12.4. The number of anilines is 1. The van der Waals surface area contributed by atoms with Gasteiger partial charge in [0.2, 0.25) is 0 Å². The summed E-state index contributed by atoms with van der Waals surface area (Å²) in [6, 6.07) is 18.8. The zero-order valence-corrected chi connectivity index (χ0v) is 20.8. The molecule has 0 amide bonds. The van der Waals surface area contributed by atoms with Crippen molar-refractivity contribution in [2.24, 2.45) is 10.2 Å². The molecule has 3 heterocycles. The van der Waals surface area contributed by atoms with Crippen LogP contribution in [0.5, 0.6) is 0 Å². The monoisotopic (exact) mass is 518 g/mol. The van der Waals surface area contributed by atoms with Gasteiger partial charge in [-0.3, -0.25) is 0 Å². The van der Waals surface area contributed by atoms with Gasteiger partial charge in [-0.15, -0.1) is 10.2 Å². The van der Waals surface area contributed by atoms with Gasteiger partial charge >= 0.3 is 0 Å². The highest BCUT2D eigenvalue weighted by atomic mass is 35.5. The van der Waals surface area contributed by atoms with Gasteiger partial charge < -0.3 is 8.83 Å². The highest BCUT2D eigenvalue weighted by molar-refractivity contribution is 6.32. The first-order valence-corrected chi connectivity index (χ1v) is 11.7. The lowest BCUT2D eigenvalue weighted by atomic mass is 10.1. The summed E-state index contributed by atoms with van der Waals surface area (Å²) in [5.41, 5.74) is 6.57. The molecule has 3 aromatic heterocycles. The van der Waals surface area contributed by atoms with Crippen LogP contribution in [0, 0.1) is 13.8 Å². The molecule has 0 bridgehead atoms. The third-order valence-corrected chi connectivity index (χ3v) is 6.33. The number of nitrogens with zero attached hydrogens (tertiary/aromatic N) is 5. The van der Waals surface area contributed by atoms with Gasteiger partial charge in [0, 0.05) is 21.2 Å². The zero-order chi connectivity index (χ0) is 25.1. The minimum Gasteiger partial charge on any atom is -0.455 e. The van der Waals surface area contributed by atoms with Crippen molar-refractivity contribution < 1.29 is 8.83 Å². The van der Waals surface area contributed by atoms with Gasteiger partial charge in [0.1, 0.15) is 29.4 Å². The summed E-state index contributed by atoms with van der Waals surface area (Å²) in [5, 5.41) is 17.8. The predicted octanol–water partition coefficient (Wildman–Crippen LogP) is 7.05. The molecule has 0 aliphatic carbocycles. The van der Waals surface area contributed by atoms with Crippen LogP contribution in [-0.2, 0) is 0 Å². The minimum atomic E-state index is 0.317. The molecule has 0 spiro atoms. The SMILES string of the molecule is Cc1c(Cl)cccc1-c1ccc(C=NNc2nncn2N=Cc2ccc(-c3cccc(Cl)c3C)o2)o1. The van der Waals surface area contributed by atoms with E-state index < -0.39 is 0 Å². The Morgan fingerprint density at radius 2 is 1.39 bits per heavy atom.